The topological polar surface area (TPSA) is 56.1 Å². The summed E-state index contributed by atoms with van der Waals surface area (Å²) in [6.07, 6.45) is 6.31. The fraction of sp³-hybridized carbons (Fsp3) is 0.316. The molecule has 25 heavy (non-hydrogen) atoms. The Morgan fingerprint density at radius 1 is 1.16 bits per heavy atom. The molecule has 0 saturated carbocycles. The molecule has 3 aromatic rings. The molecular weight excluding hydrogens is 314 g/mol. The van der Waals surface area contributed by atoms with Crippen molar-refractivity contribution in [2.45, 2.75) is 26.1 Å². The van der Waals surface area contributed by atoms with Gasteiger partial charge in [-0.05, 0) is 24.3 Å². The summed E-state index contributed by atoms with van der Waals surface area (Å²) in [5.74, 6) is 0.767. The SMILES string of the molecule is Cn1nc(COc2cccnc2)c2c1CCN(Cc1ccccn1)C2. The molecule has 0 radical (unpaired) electrons. The van der Waals surface area contributed by atoms with Crippen LogP contribution in [0.1, 0.15) is 22.6 Å². The van der Waals surface area contributed by atoms with Gasteiger partial charge >= 0.3 is 0 Å². The summed E-state index contributed by atoms with van der Waals surface area (Å²) in [5, 5.41) is 4.68. The first-order valence-corrected chi connectivity index (χ1v) is 8.48. The van der Waals surface area contributed by atoms with E-state index < -0.39 is 0 Å². The number of ether oxygens (including phenoxy) is 1. The van der Waals surface area contributed by atoms with Gasteiger partial charge in [0.05, 0.1) is 11.9 Å². The molecule has 0 spiro atoms. The van der Waals surface area contributed by atoms with Crippen molar-refractivity contribution >= 4 is 0 Å². The van der Waals surface area contributed by atoms with Crippen LogP contribution in [-0.4, -0.2) is 31.2 Å². The Balaban J connectivity index is 1.48. The highest BCUT2D eigenvalue weighted by atomic mass is 16.5. The highest BCUT2D eigenvalue weighted by Crippen LogP contribution is 2.24. The molecule has 0 bridgehead atoms. The zero-order valence-corrected chi connectivity index (χ0v) is 14.3. The molecule has 0 unspecified atom stereocenters. The molecule has 0 amide bonds. The molecule has 0 fully saturated rings. The molecule has 1 aliphatic heterocycles. The summed E-state index contributed by atoms with van der Waals surface area (Å²) in [6.45, 7) is 3.22. The van der Waals surface area contributed by atoms with Crippen LogP contribution in [0.3, 0.4) is 0 Å². The number of nitrogens with zero attached hydrogens (tertiary/aromatic N) is 5. The van der Waals surface area contributed by atoms with Gasteiger partial charge in [0, 0.05) is 56.8 Å². The molecule has 3 aromatic heterocycles. The van der Waals surface area contributed by atoms with Crippen LogP contribution in [0, 0.1) is 0 Å². The first-order chi connectivity index (χ1) is 12.3. The third-order valence-electron chi connectivity index (χ3n) is 4.53. The monoisotopic (exact) mass is 335 g/mol. The van der Waals surface area contributed by atoms with Gasteiger partial charge in [-0.1, -0.05) is 6.07 Å². The molecule has 1 aliphatic rings. The van der Waals surface area contributed by atoms with E-state index in [-0.39, 0.29) is 0 Å². The Bertz CT molecular complexity index is 832. The lowest BCUT2D eigenvalue weighted by Crippen LogP contribution is -2.31. The maximum absolute atomic E-state index is 5.86. The summed E-state index contributed by atoms with van der Waals surface area (Å²) < 4.78 is 7.85. The summed E-state index contributed by atoms with van der Waals surface area (Å²) in [6, 6.07) is 9.85. The Kier molecular flexibility index (Phi) is 4.43. The van der Waals surface area contributed by atoms with Gasteiger partial charge in [-0.3, -0.25) is 19.5 Å². The number of pyridine rings is 2. The number of aryl methyl sites for hydroxylation is 1. The average Bonchev–Trinajstić information content (AvgIpc) is 2.97. The average molecular weight is 335 g/mol. The predicted molar refractivity (Wildman–Crippen MR) is 93.8 cm³/mol. The highest BCUT2D eigenvalue weighted by Gasteiger charge is 2.24. The van der Waals surface area contributed by atoms with Gasteiger partial charge in [-0.15, -0.1) is 0 Å². The zero-order valence-electron chi connectivity index (χ0n) is 14.3. The second-order valence-electron chi connectivity index (χ2n) is 6.25. The molecular formula is C19H21N5O. The quantitative estimate of drug-likeness (QED) is 0.716. The molecule has 0 aliphatic carbocycles. The third kappa shape index (κ3) is 3.53. The van der Waals surface area contributed by atoms with E-state index >= 15 is 0 Å². The number of hydrogen-bond acceptors (Lipinski definition) is 5. The van der Waals surface area contributed by atoms with Crippen LogP contribution < -0.4 is 4.74 Å². The van der Waals surface area contributed by atoms with Crippen molar-refractivity contribution in [1.82, 2.24) is 24.6 Å². The van der Waals surface area contributed by atoms with Crippen molar-refractivity contribution in [2.24, 2.45) is 7.05 Å². The number of hydrogen-bond donors (Lipinski definition) is 0. The summed E-state index contributed by atoms with van der Waals surface area (Å²) in [4.78, 5) is 10.9. The van der Waals surface area contributed by atoms with Gasteiger partial charge in [0.25, 0.3) is 0 Å². The molecule has 4 heterocycles. The van der Waals surface area contributed by atoms with E-state index in [0.29, 0.717) is 6.61 Å². The fourth-order valence-corrected chi connectivity index (χ4v) is 3.28. The zero-order chi connectivity index (χ0) is 17.1. The van der Waals surface area contributed by atoms with Crippen molar-refractivity contribution in [1.29, 1.82) is 0 Å². The molecule has 6 heteroatoms. The van der Waals surface area contributed by atoms with Crippen LogP contribution in [-0.2, 0) is 33.2 Å². The second kappa shape index (κ2) is 7.03. The normalized spacial score (nSPS) is 14.3. The lowest BCUT2D eigenvalue weighted by atomic mass is 10.0. The van der Waals surface area contributed by atoms with Crippen molar-refractivity contribution in [3.63, 3.8) is 0 Å². The van der Waals surface area contributed by atoms with E-state index in [1.807, 2.05) is 42.2 Å². The Labute approximate surface area is 147 Å². The van der Waals surface area contributed by atoms with Crippen LogP contribution in [0.25, 0.3) is 0 Å². The predicted octanol–water partition coefficient (Wildman–Crippen LogP) is 2.35. The number of fused-ring (bicyclic) bond motifs is 1. The first-order valence-electron chi connectivity index (χ1n) is 8.48. The summed E-state index contributed by atoms with van der Waals surface area (Å²) in [7, 11) is 2.01. The third-order valence-corrected chi connectivity index (χ3v) is 4.53. The van der Waals surface area contributed by atoms with Crippen LogP contribution in [0.5, 0.6) is 5.75 Å². The van der Waals surface area contributed by atoms with Crippen molar-refractivity contribution in [3.8, 4) is 5.75 Å². The van der Waals surface area contributed by atoms with Crippen molar-refractivity contribution < 1.29 is 4.74 Å². The van der Waals surface area contributed by atoms with Crippen LogP contribution >= 0.6 is 0 Å². The van der Waals surface area contributed by atoms with E-state index in [2.05, 4.69) is 26.0 Å². The van der Waals surface area contributed by atoms with Crippen molar-refractivity contribution in [3.05, 3.63) is 71.6 Å². The molecule has 0 aromatic carbocycles. The Morgan fingerprint density at radius 3 is 2.92 bits per heavy atom. The molecule has 6 nitrogen and oxygen atoms in total. The lowest BCUT2D eigenvalue weighted by molar-refractivity contribution is 0.236. The van der Waals surface area contributed by atoms with E-state index in [1.165, 1.54) is 11.3 Å². The number of aromatic nitrogens is 4. The van der Waals surface area contributed by atoms with E-state index in [1.54, 1.807) is 12.4 Å². The van der Waals surface area contributed by atoms with Gasteiger partial charge in [-0.25, -0.2) is 0 Å². The summed E-state index contributed by atoms with van der Waals surface area (Å²) >= 11 is 0. The van der Waals surface area contributed by atoms with Crippen LogP contribution in [0.15, 0.2) is 48.9 Å². The Hall–Kier alpha value is -2.73. The van der Waals surface area contributed by atoms with E-state index in [9.17, 15) is 0 Å². The van der Waals surface area contributed by atoms with Gasteiger partial charge in [0.2, 0.25) is 0 Å². The largest absolute Gasteiger partial charge is 0.486 e. The van der Waals surface area contributed by atoms with Gasteiger partial charge in [0.15, 0.2) is 0 Å². The van der Waals surface area contributed by atoms with Gasteiger partial charge in [0.1, 0.15) is 18.1 Å². The molecule has 128 valence electrons. The smallest absolute Gasteiger partial charge is 0.138 e. The number of rotatable bonds is 5. The highest BCUT2D eigenvalue weighted by molar-refractivity contribution is 5.29. The van der Waals surface area contributed by atoms with Gasteiger partial charge in [-0.2, -0.15) is 5.10 Å². The minimum absolute atomic E-state index is 0.465. The molecule has 4 rings (SSSR count). The minimum Gasteiger partial charge on any atom is -0.486 e. The van der Waals surface area contributed by atoms with Crippen LogP contribution in [0.2, 0.25) is 0 Å². The summed E-state index contributed by atoms with van der Waals surface area (Å²) in [5.41, 5.74) is 4.70. The lowest BCUT2D eigenvalue weighted by Gasteiger charge is -2.27. The van der Waals surface area contributed by atoms with E-state index in [0.717, 1.165) is 43.2 Å². The maximum atomic E-state index is 5.86. The second-order valence-corrected chi connectivity index (χ2v) is 6.25. The van der Waals surface area contributed by atoms with Crippen molar-refractivity contribution in [2.75, 3.05) is 6.54 Å². The molecule has 0 N–H and O–H groups in total. The molecule has 0 saturated heterocycles. The van der Waals surface area contributed by atoms with Gasteiger partial charge < -0.3 is 4.74 Å². The Morgan fingerprint density at radius 2 is 2.12 bits per heavy atom. The standard InChI is InChI=1S/C19H21N5O/c1-23-19-7-10-24(12-15-5-2-3-9-21-15)13-17(19)18(22-23)14-25-16-6-4-8-20-11-16/h2-6,8-9,11H,7,10,12-14H2,1H3. The van der Waals surface area contributed by atoms with Crippen LogP contribution in [0.4, 0.5) is 0 Å². The van der Waals surface area contributed by atoms with E-state index in [4.69, 9.17) is 4.74 Å². The maximum Gasteiger partial charge on any atom is 0.138 e. The minimum atomic E-state index is 0.465. The first kappa shape index (κ1) is 15.8. The molecule has 0 atom stereocenters. The fourth-order valence-electron chi connectivity index (χ4n) is 3.28.